The molecule has 6 nitrogen and oxygen atoms in total. The van der Waals surface area contributed by atoms with E-state index < -0.39 is 0 Å². The molecule has 1 N–H and O–H groups in total. The van der Waals surface area contributed by atoms with Gasteiger partial charge in [0.15, 0.2) is 0 Å². The summed E-state index contributed by atoms with van der Waals surface area (Å²) in [7, 11) is 1.97. The zero-order chi connectivity index (χ0) is 18.4. The number of carbonyl (C=O) groups excluding carboxylic acids is 2. The van der Waals surface area contributed by atoms with Gasteiger partial charge in [0.2, 0.25) is 11.8 Å². The Morgan fingerprint density at radius 1 is 1.04 bits per heavy atom. The number of likely N-dealkylation sites (N-methyl/N-ethyl adjacent to an activating group) is 1. The molecule has 2 saturated heterocycles. The first-order valence-corrected chi connectivity index (χ1v) is 10.6. The lowest BCUT2D eigenvalue weighted by Crippen LogP contribution is -2.52. The largest absolute Gasteiger partial charge is 0.342 e. The molecule has 0 aromatic rings. The van der Waals surface area contributed by atoms with Crippen molar-refractivity contribution in [3.05, 3.63) is 0 Å². The van der Waals surface area contributed by atoms with Crippen LogP contribution in [0.3, 0.4) is 0 Å². The van der Waals surface area contributed by atoms with Crippen LogP contribution in [0.15, 0.2) is 0 Å². The number of hydrogen-bond acceptors (Lipinski definition) is 4. The Hall–Kier alpha value is -1.14. The highest BCUT2D eigenvalue weighted by atomic mass is 16.2. The lowest BCUT2D eigenvalue weighted by molar-refractivity contribution is -0.136. The van der Waals surface area contributed by atoms with Gasteiger partial charge in [0.1, 0.15) is 0 Å². The normalized spacial score (nSPS) is 25.4. The predicted octanol–water partition coefficient (Wildman–Crippen LogP) is 1.31. The van der Waals surface area contributed by atoms with Crippen LogP contribution < -0.4 is 5.32 Å². The van der Waals surface area contributed by atoms with E-state index in [-0.39, 0.29) is 5.91 Å². The quantitative estimate of drug-likeness (QED) is 0.772. The Morgan fingerprint density at radius 3 is 2.42 bits per heavy atom. The molecule has 3 fully saturated rings. The van der Waals surface area contributed by atoms with Crippen molar-refractivity contribution >= 4 is 11.8 Å². The highest BCUT2D eigenvalue weighted by Crippen LogP contribution is 2.22. The molecule has 0 bridgehead atoms. The number of carbonyl (C=O) groups is 2. The SMILES string of the molecule is CN(C(=O)CN1CCN(C(=O)CCC2CCNC2)CC1)C1CCCCC1. The fourth-order valence-electron chi connectivity index (χ4n) is 4.58. The van der Waals surface area contributed by atoms with Crippen molar-refractivity contribution in [3.63, 3.8) is 0 Å². The van der Waals surface area contributed by atoms with Crippen LogP contribution in [0, 0.1) is 5.92 Å². The second kappa shape index (κ2) is 9.70. The van der Waals surface area contributed by atoms with Gasteiger partial charge in [-0.3, -0.25) is 14.5 Å². The standard InChI is InChI=1S/C20H36N4O2/c1-22(18-5-3-2-4-6-18)20(26)16-23-11-13-24(14-12-23)19(25)8-7-17-9-10-21-15-17/h17-18,21H,2-16H2,1H3. The Morgan fingerprint density at radius 2 is 1.77 bits per heavy atom. The summed E-state index contributed by atoms with van der Waals surface area (Å²) in [6.45, 7) is 5.84. The number of rotatable bonds is 6. The van der Waals surface area contributed by atoms with E-state index in [2.05, 4.69) is 10.2 Å². The molecule has 0 spiro atoms. The Bertz CT molecular complexity index is 464. The molecule has 6 heteroatoms. The van der Waals surface area contributed by atoms with Crippen LogP contribution >= 0.6 is 0 Å². The summed E-state index contributed by atoms with van der Waals surface area (Å²) in [6.07, 6.45) is 9.01. The van der Waals surface area contributed by atoms with E-state index in [1.54, 1.807) is 0 Å². The third-order valence-corrected chi connectivity index (χ3v) is 6.53. The highest BCUT2D eigenvalue weighted by Gasteiger charge is 2.26. The molecule has 148 valence electrons. The molecule has 1 unspecified atom stereocenters. The second-order valence-corrected chi connectivity index (χ2v) is 8.35. The Labute approximate surface area is 158 Å². The third kappa shape index (κ3) is 5.43. The molecule has 1 atom stereocenters. The summed E-state index contributed by atoms with van der Waals surface area (Å²) in [5.41, 5.74) is 0. The predicted molar refractivity (Wildman–Crippen MR) is 103 cm³/mol. The minimum absolute atomic E-state index is 0.241. The van der Waals surface area contributed by atoms with Crippen molar-refractivity contribution in [2.24, 2.45) is 5.92 Å². The molecule has 3 rings (SSSR count). The lowest BCUT2D eigenvalue weighted by atomic mass is 9.94. The Kier molecular flexibility index (Phi) is 7.32. The van der Waals surface area contributed by atoms with Crippen LogP contribution in [-0.4, -0.2) is 85.4 Å². The van der Waals surface area contributed by atoms with Crippen LogP contribution in [0.2, 0.25) is 0 Å². The van der Waals surface area contributed by atoms with E-state index in [4.69, 9.17) is 0 Å². The van der Waals surface area contributed by atoms with Crippen molar-refractivity contribution in [1.29, 1.82) is 0 Å². The molecular weight excluding hydrogens is 328 g/mol. The van der Waals surface area contributed by atoms with E-state index in [9.17, 15) is 9.59 Å². The average Bonchev–Trinajstić information content (AvgIpc) is 3.20. The van der Waals surface area contributed by atoms with Gasteiger partial charge in [0, 0.05) is 45.7 Å². The monoisotopic (exact) mass is 364 g/mol. The average molecular weight is 365 g/mol. The maximum absolute atomic E-state index is 12.6. The molecule has 2 heterocycles. The zero-order valence-electron chi connectivity index (χ0n) is 16.4. The second-order valence-electron chi connectivity index (χ2n) is 8.35. The maximum atomic E-state index is 12.6. The summed E-state index contributed by atoms with van der Waals surface area (Å²) >= 11 is 0. The van der Waals surface area contributed by atoms with Gasteiger partial charge in [-0.05, 0) is 44.7 Å². The highest BCUT2D eigenvalue weighted by molar-refractivity contribution is 5.78. The smallest absolute Gasteiger partial charge is 0.236 e. The maximum Gasteiger partial charge on any atom is 0.236 e. The summed E-state index contributed by atoms with van der Waals surface area (Å²) in [4.78, 5) is 31.2. The lowest BCUT2D eigenvalue weighted by Gasteiger charge is -2.37. The molecule has 0 radical (unpaired) electrons. The van der Waals surface area contributed by atoms with E-state index in [0.717, 1.165) is 58.5 Å². The minimum atomic E-state index is 0.241. The van der Waals surface area contributed by atoms with Gasteiger partial charge in [-0.1, -0.05) is 19.3 Å². The molecule has 0 aromatic heterocycles. The van der Waals surface area contributed by atoms with Crippen LogP contribution in [-0.2, 0) is 9.59 Å². The third-order valence-electron chi connectivity index (χ3n) is 6.53. The summed E-state index contributed by atoms with van der Waals surface area (Å²) < 4.78 is 0. The van der Waals surface area contributed by atoms with Crippen molar-refractivity contribution < 1.29 is 9.59 Å². The number of hydrogen-bond donors (Lipinski definition) is 1. The number of piperazine rings is 1. The van der Waals surface area contributed by atoms with E-state index in [0.29, 0.717) is 30.8 Å². The first-order valence-electron chi connectivity index (χ1n) is 10.6. The molecule has 2 amide bonds. The van der Waals surface area contributed by atoms with Crippen LogP contribution in [0.1, 0.15) is 51.4 Å². The number of nitrogens with zero attached hydrogens (tertiary/aromatic N) is 3. The van der Waals surface area contributed by atoms with Crippen molar-refractivity contribution in [2.45, 2.75) is 57.4 Å². The van der Waals surface area contributed by atoms with Gasteiger partial charge < -0.3 is 15.1 Å². The molecule has 1 saturated carbocycles. The van der Waals surface area contributed by atoms with Gasteiger partial charge in [-0.15, -0.1) is 0 Å². The first kappa shape index (κ1) is 19.6. The van der Waals surface area contributed by atoms with E-state index in [1.807, 2.05) is 16.8 Å². The topological polar surface area (TPSA) is 55.9 Å². The first-order chi connectivity index (χ1) is 12.6. The van der Waals surface area contributed by atoms with Crippen molar-refractivity contribution in [3.8, 4) is 0 Å². The van der Waals surface area contributed by atoms with Gasteiger partial charge in [-0.2, -0.15) is 0 Å². The molecule has 0 aromatic carbocycles. The van der Waals surface area contributed by atoms with Crippen LogP contribution in [0.4, 0.5) is 0 Å². The molecule has 26 heavy (non-hydrogen) atoms. The van der Waals surface area contributed by atoms with E-state index >= 15 is 0 Å². The molecular formula is C20H36N4O2. The minimum Gasteiger partial charge on any atom is -0.342 e. The summed E-state index contributed by atoms with van der Waals surface area (Å²) in [6, 6.07) is 0.434. The number of amides is 2. The fourth-order valence-corrected chi connectivity index (χ4v) is 4.58. The fraction of sp³-hybridized carbons (Fsp3) is 0.900. The molecule has 1 aliphatic carbocycles. The molecule has 3 aliphatic rings. The summed E-state index contributed by atoms with van der Waals surface area (Å²) in [5.74, 6) is 1.21. The summed E-state index contributed by atoms with van der Waals surface area (Å²) in [5, 5.41) is 3.36. The van der Waals surface area contributed by atoms with Gasteiger partial charge in [-0.25, -0.2) is 0 Å². The van der Waals surface area contributed by atoms with Gasteiger partial charge in [0.25, 0.3) is 0 Å². The molecule has 2 aliphatic heterocycles. The zero-order valence-corrected chi connectivity index (χ0v) is 16.4. The van der Waals surface area contributed by atoms with Crippen molar-refractivity contribution in [2.75, 3.05) is 52.9 Å². The van der Waals surface area contributed by atoms with Crippen LogP contribution in [0.5, 0.6) is 0 Å². The van der Waals surface area contributed by atoms with Gasteiger partial charge >= 0.3 is 0 Å². The van der Waals surface area contributed by atoms with Crippen molar-refractivity contribution in [1.82, 2.24) is 20.0 Å². The van der Waals surface area contributed by atoms with Crippen LogP contribution in [0.25, 0.3) is 0 Å². The number of nitrogens with one attached hydrogen (secondary N) is 1. The Balaban J connectivity index is 1.34. The van der Waals surface area contributed by atoms with E-state index in [1.165, 1.54) is 25.7 Å². The van der Waals surface area contributed by atoms with Gasteiger partial charge in [0.05, 0.1) is 6.54 Å².